The fourth-order valence-electron chi connectivity index (χ4n) is 0. The van der Waals surface area contributed by atoms with Crippen LogP contribution in [0.1, 0.15) is 1.43 Å². The molecule has 0 bridgehead atoms. The normalized spacial score (nSPS) is 3.28. The van der Waals surface area contributed by atoms with Gasteiger partial charge in [-0.05, 0) is 0 Å². The molecule has 0 aromatic rings. The number of rotatable bonds is 0. The van der Waals surface area contributed by atoms with Crippen molar-refractivity contribution in [2.45, 2.75) is 0 Å². The summed E-state index contributed by atoms with van der Waals surface area (Å²) >= 11 is 0. The Hall–Kier alpha value is 0.227. The topological polar surface area (TPSA) is 456 Å². The molecule has 0 aliphatic carbocycles. The minimum absolute atomic E-state index is 0. The molecule has 16 nitrogen and oxygen atoms in total. The Bertz CT molecular complexity index is 62.9. The Morgan fingerprint density at radius 2 is 0.500 bits per heavy atom. The van der Waals surface area contributed by atoms with Gasteiger partial charge in [-0.3, -0.25) is 0 Å². The van der Waals surface area contributed by atoms with Crippen LogP contribution in [0.2, 0.25) is 0 Å². The van der Waals surface area contributed by atoms with Crippen LogP contribution in [0.25, 0.3) is 0 Å². The molecule has 0 radical (unpaired) electrons. The van der Waals surface area contributed by atoms with Crippen LogP contribution >= 0.6 is 7.82 Å². The van der Waals surface area contributed by atoms with Crippen molar-refractivity contribution in [2.24, 2.45) is 0 Å². The summed E-state index contributed by atoms with van der Waals surface area (Å²) in [5.41, 5.74) is 0. The van der Waals surface area contributed by atoms with Crippen molar-refractivity contribution >= 4 is 7.82 Å². The molecule has 0 saturated carbocycles. The summed E-state index contributed by atoms with van der Waals surface area (Å²) in [5, 5.41) is 0. The van der Waals surface area contributed by atoms with Crippen molar-refractivity contribution in [3.05, 3.63) is 0 Å². The van der Waals surface area contributed by atoms with Gasteiger partial charge in [0.25, 0.3) is 0 Å². The van der Waals surface area contributed by atoms with E-state index >= 15 is 0 Å². The zero-order chi connectivity index (χ0) is 4.50. The maximum Gasteiger partial charge on any atom is 1.00 e. The van der Waals surface area contributed by atoms with E-state index in [4.69, 9.17) is 19.2 Å². The molecule has 0 rings (SSSR count). The van der Waals surface area contributed by atoms with Crippen molar-refractivity contribution in [1.82, 2.24) is 0 Å². The number of hydrogen-bond donors (Lipinski definition) is 3. The summed E-state index contributed by atoms with van der Waals surface area (Å²) in [6, 6.07) is 0. The van der Waals surface area contributed by atoms with Gasteiger partial charge in [0.15, 0.2) is 0 Å². The van der Waals surface area contributed by atoms with Gasteiger partial charge in [-0.1, -0.05) is 0 Å². The number of phosphoric acid groups is 1. The van der Waals surface area contributed by atoms with Gasteiger partial charge in [-0.2, -0.15) is 0 Å². The number of hydrogen-bond acceptors (Lipinski definition) is 1. The van der Waals surface area contributed by atoms with E-state index in [0.717, 1.165) is 0 Å². The molecule has 130 valence electrons. The first kappa shape index (κ1) is 303. The van der Waals surface area contributed by atoms with E-state index in [1.54, 1.807) is 0 Å². The van der Waals surface area contributed by atoms with Crippen LogP contribution in [0.15, 0.2) is 0 Å². The second-order valence-corrected chi connectivity index (χ2v) is 1.54. The van der Waals surface area contributed by atoms with E-state index < -0.39 is 7.82 Å². The van der Waals surface area contributed by atoms with Gasteiger partial charge in [0.2, 0.25) is 0 Å². The Morgan fingerprint density at radius 1 is 0.500 bits per heavy atom. The van der Waals surface area contributed by atoms with Gasteiger partial charge in [0, 0.05) is 0 Å². The van der Waals surface area contributed by atoms with E-state index in [1.807, 2.05) is 0 Å². The van der Waals surface area contributed by atoms with Crippen molar-refractivity contribution in [2.75, 3.05) is 0 Å². The third-order valence-corrected chi connectivity index (χ3v) is 0. The van der Waals surface area contributed by atoms with Crippen molar-refractivity contribution in [3.63, 3.8) is 0 Å². The van der Waals surface area contributed by atoms with Crippen molar-refractivity contribution in [1.29, 1.82) is 0 Å². The first-order valence-electron chi connectivity index (χ1n) is 0.783. The molecule has 18 heteroatoms. The quantitative estimate of drug-likeness (QED) is 0.288. The molecule has 0 amide bonds. The fourth-order valence-corrected chi connectivity index (χ4v) is 0. The van der Waals surface area contributed by atoms with E-state index in [0.29, 0.717) is 0 Å². The monoisotopic (exact) mass is 322 g/mol. The Balaban J connectivity index is -0.000000000879. The van der Waals surface area contributed by atoms with Gasteiger partial charge in [0.05, 0.1) is 0 Å². The summed E-state index contributed by atoms with van der Waals surface area (Å²) in [6.45, 7) is 0. The van der Waals surface area contributed by atoms with E-state index in [1.165, 1.54) is 0 Å². The summed E-state index contributed by atoms with van der Waals surface area (Å²) < 4.78 is 8.88. The summed E-state index contributed by atoms with van der Waals surface area (Å²) in [5.74, 6) is 0. The van der Waals surface area contributed by atoms with Crippen LogP contribution < -0.4 is 18.9 Å². The largest absolute Gasteiger partial charge is 1.00 e. The van der Waals surface area contributed by atoms with E-state index in [2.05, 4.69) is 0 Å². The molecule has 0 aromatic heterocycles. The summed E-state index contributed by atoms with van der Waals surface area (Å²) in [4.78, 5) is 21.6. The zero-order valence-corrected chi connectivity index (χ0v) is 10.1. The van der Waals surface area contributed by atoms with Crippen LogP contribution in [-0.4, -0.2) is 80.4 Å². The Kier molecular flexibility index (Phi) is 1970. The maximum absolute atomic E-state index is 8.88. The Morgan fingerprint density at radius 3 is 0.500 bits per heavy atom. The van der Waals surface area contributed by atoms with Gasteiger partial charge in [0.1, 0.15) is 0 Å². The fraction of sp³-hybridized carbons (Fsp3) is 0. The van der Waals surface area contributed by atoms with Gasteiger partial charge in [-0.15, -0.1) is 0 Å². The average molecular weight is 322 g/mol. The molecule has 0 unspecified atom stereocenters. The second kappa shape index (κ2) is 117. The molecule has 0 fully saturated rings. The van der Waals surface area contributed by atoms with E-state index in [9.17, 15) is 0 Å². The molecule has 0 spiro atoms. The molecule has 0 aliphatic heterocycles. The minimum Gasteiger partial charge on any atom is -1.00 e. The van der Waals surface area contributed by atoms with Crippen LogP contribution in [0.5, 0.6) is 0 Å². The van der Waals surface area contributed by atoms with Crippen LogP contribution in [0.4, 0.5) is 0 Å². The smallest absolute Gasteiger partial charge is 1.00 e. The zero-order valence-electron chi connectivity index (χ0n) is 10.2. The van der Waals surface area contributed by atoms with Gasteiger partial charge < -0.3 is 81.8 Å². The molecule has 0 saturated heterocycles. The third-order valence-electron chi connectivity index (χ3n) is 0. The first-order chi connectivity index (χ1) is 2.00. The predicted octanol–water partition coefficient (Wildman–Crippen LogP) is -13.7. The van der Waals surface area contributed by atoms with Gasteiger partial charge in [-0.25, -0.2) is 4.57 Å². The second-order valence-electron chi connectivity index (χ2n) is 0.513. The van der Waals surface area contributed by atoms with Crippen molar-refractivity contribution < 1.29 is 105 Å². The first-order valence-corrected chi connectivity index (χ1v) is 2.35. The molecule has 0 atom stereocenters. The van der Waals surface area contributed by atoms with E-state index in [-0.39, 0.29) is 86.0 Å². The van der Waals surface area contributed by atoms with Crippen LogP contribution in [0, 0.1) is 0 Å². The van der Waals surface area contributed by atoms with Crippen LogP contribution in [-0.2, 0) is 4.57 Å². The molecule has 0 heterocycles. The summed E-state index contributed by atoms with van der Waals surface area (Å²) in [7, 11) is -4.64. The molecule has 0 aliphatic rings. The Labute approximate surface area is 114 Å². The molecule has 18 heavy (non-hydrogen) atoms. The molecule has 27 N–H and O–H groups in total. The minimum atomic E-state index is -4.64. The SMILES string of the molecule is O.O.O.O.O.O.O.O.O.O.O.O.O=P(O)(O)O.[H-].[Li+]. The maximum atomic E-state index is 8.88. The average Bonchev–Trinajstić information content (AvgIpc) is 0.722. The summed E-state index contributed by atoms with van der Waals surface area (Å²) in [6.07, 6.45) is 0. The molecule has 0 aromatic carbocycles. The molecular weight excluding hydrogens is 294 g/mol. The van der Waals surface area contributed by atoms with Gasteiger partial charge >= 0.3 is 26.7 Å². The van der Waals surface area contributed by atoms with Crippen LogP contribution in [0.3, 0.4) is 0 Å². The van der Waals surface area contributed by atoms with Crippen molar-refractivity contribution in [3.8, 4) is 0 Å². The predicted molar refractivity (Wildman–Crippen MR) is 58.7 cm³/mol. The third kappa shape index (κ3) is 72800. The molecular formula is H28LiO16P. The standard InChI is InChI=1S/Li.H3O4P.12H2O.H/c;1-5(2,3)4;;;;;;;;;;;;;/h;(H3,1,2,3,4);12*1H2;/q+1;;;;;;;;;;;;;;-1.